The summed E-state index contributed by atoms with van der Waals surface area (Å²) in [7, 11) is 1.66. The highest BCUT2D eigenvalue weighted by molar-refractivity contribution is 5.98. The zero-order valence-corrected chi connectivity index (χ0v) is 20.6. The molecule has 2 aromatic rings. The Kier molecular flexibility index (Phi) is 8.49. The van der Waals surface area contributed by atoms with Crippen molar-refractivity contribution in [1.82, 2.24) is 20.0 Å². The number of ether oxygens (including phenoxy) is 1. The molecule has 2 heterocycles. The van der Waals surface area contributed by atoms with Crippen molar-refractivity contribution in [1.29, 1.82) is 0 Å². The van der Waals surface area contributed by atoms with Crippen molar-refractivity contribution in [3.05, 3.63) is 71.0 Å². The van der Waals surface area contributed by atoms with Gasteiger partial charge in [0.2, 0.25) is 5.91 Å². The van der Waals surface area contributed by atoms with E-state index in [0.29, 0.717) is 51.3 Å². The summed E-state index contributed by atoms with van der Waals surface area (Å²) in [5.74, 6) is -0.369. The third-order valence-corrected chi connectivity index (χ3v) is 6.95. The summed E-state index contributed by atoms with van der Waals surface area (Å²) < 4.78 is 18.8. The van der Waals surface area contributed by atoms with Crippen molar-refractivity contribution in [2.24, 2.45) is 0 Å². The first-order chi connectivity index (χ1) is 17.0. The maximum absolute atomic E-state index is 13.6. The Morgan fingerprint density at radius 2 is 1.77 bits per heavy atom. The van der Waals surface area contributed by atoms with Gasteiger partial charge in [0.25, 0.3) is 5.91 Å². The van der Waals surface area contributed by atoms with Gasteiger partial charge in [-0.1, -0.05) is 29.8 Å². The maximum Gasteiger partial charge on any atom is 0.254 e. The zero-order valence-electron chi connectivity index (χ0n) is 20.6. The summed E-state index contributed by atoms with van der Waals surface area (Å²) in [6, 6.07) is 13.5. The van der Waals surface area contributed by atoms with E-state index in [0.717, 1.165) is 24.2 Å². The van der Waals surface area contributed by atoms with E-state index >= 15 is 0 Å². The smallest absolute Gasteiger partial charge is 0.254 e. The Labute approximate surface area is 206 Å². The van der Waals surface area contributed by atoms with Crippen molar-refractivity contribution < 1.29 is 18.7 Å². The molecule has 2 saturated heterocycles. The summed E-state index contributed by atoms with van der Waals surface area (Å²) >= 11 is 0. The number of piperazine rings is 1. The lowest BCUT2D eigenvalue weighted by atomic mass is 10.1. The Morgan fingerprint density at radius 1 is 1.09 bits per heavy atom. The van der Waals surface area contributed by atoms with Crippen LogP contribution in [0.2, 0.25) is 0 Å². The molecule has 2 atom stereocenters. The van der Waals surface area contributed by atoms with Crippen LogP contribution in [0.4, 0.5) is 4.39 Å². The Hall–Kier alpha value is -2.81. The molecule has 2 aliphatic heterocycles. The van der Waals surface area contributed by atoms with Crippen LogP contribution < -0.4 is 5.32 Å². The fourth-order valence-corrected chi connectivity index (χ4v) is 4.92. The number of hydrogen-bond donors (Lipinski definition) is 1. The first-order valence-electron chi connectivity index (χ1n) is 12.3. The number of aryl methyl sites for hydroxylation is 1. The van der Waals surface area contributed by atoms with Crippen LogP contribution in [-0.2, 0) is 16.1 Å². The predicted molar refractivity (Wildman–Crippen MR) is 133 cm³/mol. The molecule has 2 amide bonds. The van der Waals surface area contributed by atoms with E-state index in [1.54, 1.807) is 24.1 Å². The molecule has 2 unspecified atom stereocenters. The lowest BCUT2D eigenvalue weighted by Crippen LogP contribution is -2.53. The minimum atomic E-state index is -0.509. The van der Waals surface area contributed by atoms with Crippen LogP contribution in [0, 0.1) is 12.7 Å². The number of methoxy groups -OCH3 is 1. The molecule has 0 aliphatic carbocycles. The second-order valence-corrected chi connectivity index (χ2v) is 9.39. The molecule has 0 aromatic heterocycles. The Balaban J connectivity index is 1.58. The molecule has 188 valence electrons. The van der Waals surface area contributed by atoms with Crippen molar-refractivity contribution >= 4 is 11.8 Å². The highest BCUT2D eigenvalue weighted by atomic mass is 19.1. The van der Waals surface area contributed by atoms with E-state index in [4.69, 9.17) is 4.74 Å². The zero-order chi connectivity index (χ0) is 24.8. The first-order valence-corrected chi connectivity index (χ1v) is 12.3. The number of carbonyl (C=O) groups is 2. The maximum atomic E-state index is 13.6. The van der Waals surface area contributed by atoms with Gasteiger partial charge in [-0.05, 0) is 43.2 Å². The predicted octanol–water partition coefficient (Wildman–Crippen LogP) is 2.30. The molecule has 4 rings (SSSR count). The van der Waals surface area contributed by atoms with Crippen molar-refractivity contribution in [2.75, 3.05) is 53.0 Å². The molecule has 1 N–H and O–H groups in total. The average Bonchev–Trinajstić information content (AvgIpc) is 3.33. The van der Waals surface area contributed by atoms with E-state index in [1.165, 1.54) is 12.1 Å². The van der Waals surface area contributed by atoms with Crippen molar-refractivity contribution in [2.45, 2.75) is 32.0 Å². The average molecular weight is 483 g/mol. The lowest BCUT2D eigenvalue weighted by molar-refractivity contribution is -0.135. The summed E-state index contributed by atoms with van der Waals surface area (Å²) in [4.78, 5) is 33.1. The molecular weight excluding hydrogens is 447 g/mol. The lowest BCUT2D eigenvalue weighted by Gasteiger charge is -2.32. The SMILES string of the molecule is COCCN(Cc1ccc(F)cc1)C1CC(C(=O)N2CCNCC2)N(C(=O)c2ccc(C)cc2)C1. The van der Waals surface area contributed by atoms with E-state index in [-0.39, 0.29) is 23.7 Å². The third kappa shape index (κ3) is 6.25. The summed E-state index contributed by atoms with van der Waals surface area (Å²) in [5.41, 5.74) is 2.66. The Bertz CT molecular complexity index is 992. The molecule has 0 saturated carbocycles. The topological polar surface area (TPSA) is 65.1 Å². The first kappa shape index (κ1) is 25.3. The molecular formula is C27H35FN4O3. The number of hydrogen-bond acceptors (Lipinski definition) is 5. The number of likely N-dealkylation sites (tertiary alicyclic amines) is 1. The summed E-state index contributed by atoms with van der Waals surface area (Å²) in [6.07, 6.45) is 0.561. The number of amides is 2. The van der Waals surface area contributed by atoms with Gasteiger partial charge in [0, 0.05) is 64.5 Å². The summed E-state index contributed by atoms with van der Waals surface area (Å²) in [6.45, 7) is 7.04. The third-order valence-electron chi connectivity index (χ3n) is 6.95. The standard InChI is InChI=1S/C27H35FN4O3/c1-20-3-7-22(8-4-20)26(33)32-19-24(17-25(32)27(34)30-13-11-29-12-14-30)31(15-16-35-2)18-21-5-9-23(28)10-6-21/h3-10,24-25,29H,11-19H2,1-2H3. The van der Waals surface area contributed by atoms with Crippen LogP contribution in [0.15, 0.2) is 48.5 Å². The van der Waals surface area contributed by atoms with Gasteiger partial charge in [-0.15, -0.1) is 0 Å². The number of carbonyl (C=O) groups excluding carboxylic acids is 2. The minimum absolute atomic E-state index is 0.0125. The second-order valence-electron chi connectivity index (χ2n) is 9.39. The number of benzene rings is 2. The fraction of sp³-hybridized carbons (Fsp3) is 0.481. The summed E-state index contributed by atoms with van der Waals surface area (Å²) in [5, 5.41) is 3.28. The monoisotopic (exact) mass is 482 g/mol. The van der Waals surface area contributed by atoms with Gasteiger partial charge in [0.1, 0.15) is 11.9 Å². The van der Waals surface area contributed by atoms with Crippen LogP contribution in [0.3, 0.4) is 0 Å². The Morgan fingerprint density at radius 3 is 2.43 bits per heavy atom. The number of halogens is 1. The van der Waals surface area contributed by atoms with Gasteiger partial charge in [0.15, 0.2) is 0 Å². The van der Waals surface area contributed by atoms with E-state index in [9.17, 15) is 14.0 Å². The second kappa shape index (κ2) is 11.7. The van der Waals surface area contributed by atoms with Gasteiger partial charge in [0.05, 0.1) is 6.61 Å². The van der Waals surface area contributed by atoms with Gasteiger partial charge >= 0.3 is 0 Å². The fourth-order valence-electron chi connectivity index (χ4n) is 4.92. The van der Waals surface area contributed by atoms with E-state index < -0.39 is 6.04 Å². The van der Waals surface area contributed by atoms with Crippen LogP contribution in [0.1, 0.15) is 27.9 Å². The van der Waals surface area contributed by atoms with E-state index in [2.05, 4.69) is 10.2 Å². The van der Waals surface area contributed by atoms with Crippen molar-refractivity contribution in [3.63, 3.8) is 0 Å². The van der Waals surface area contributed by atoms with Crippen LogP contribution in [0.25, 0.3) is 0 Å². The largest absolute Gasteiger partial charge is 0.383 e. The van der Waals surface area contributed by atoms with Gasteiger partial charge in [-0.3, -0.25) is 14.5 Å². The highest BCUT2D eigenvalue weighted by Crippen LogP contribution is 2.27. The molecule has 2 aliphatic rings. The number of rotatable bonds is 8. The van der Waals surface area contributed by atoms with E-state index in [1.807, 2.05) is 36.1 Å². The molecule has 2 fully saturated rings. The minimum Gasteiger partial charge on any atom is -0.383 e. The number of nitrogens with zero attached hydrogens (tertiary/aromatic N) is 3. The van der Waals surface area contributed by atoms with Gasteiger partial charge in [-0.2, -0.15) is 0 Å². The molecule has 7 nitrogen and oxygen atoms in total. The molecule has 2 aromatic carbocycles. The quantitative estimate of drug-likeness (QED) is 0.626. The molecule has 0 radical (unpaired) electrons. The number of nitrogens with one attached hydrogen (secondary N) is 1. The van der Waals surface area contributed by atoms with Crippen molar-refractivity contribution in [3.8, 4) is 0 Å². The normalized spacial score (nSPS) is 20.5. The molecule has 8 heteroatoms. The molecule has 0 spiro atoms. The molecule has 0 bridgehead atoms. The van der Waals surface area contributed by atoms with Crippen LogP contribution in [-0.4, -0.2) is 91.6 Å². The van der Waals surface area contributed by atoms with Gasteiger partial charge < -0.3 is 19.9 Å². The van der Waals surface area contributed by atoms with Crippen LogP contribution in [0.5, 0.6) is 0 Å². The highest BCUT2D eigenvalue weighted by Gasteiger charge is 2.43. The molecule has 35 heavy (non-hydrogen) atoms. The van der Waals surface area contributed by atoms with Crippen LogP contribution >= 0.6 is 0 Å². The van der Waals surface area contributed by atoms with Gasteiger partial charge in [-0.25, -0.2) is 4.39 Å².